The Hall–Kier alpha value is -0.980. The van der Waals surface area contributed by atoms with Crippen molar-refractivity contribution < 1.29 is 0 Å². The zero-order valence-electron chi connectivity index (χ0n) is 9.59. The molecule has 0 saturated heterocycles. The van der Waals surface area contributed by atoms with Crippen LogP contribution in [0.25, 0.3) is 0 Å². The van der Waals surface area contributed by atoms with Gasteiger partial charge in [0.15, 0.2) is 4.34 Å². The van der Waals surface area contributed by atoms with Gasteiger partial charge in [0.05, 0.1) is 0 Å². The molecule has 2 N–H and O–H groups in total. The zero-order chi connectivity index (χ0) is 12.1. The molecule has 0 atom stereocenters. The van der Waals surface area contributed by atoms with Crippen molar-refractivity contribution in [3.63, 3.8) is 0 Å². The van der Waals surface area contributed by atoms with Crippen LogP contribution in [0, 0.1) is 0 Å². The highest BCUT2D eigenvalue weighted by molar-refractivity contribution is 8.00. The number of rotatable bonds is 5. The number of hydrogen-bond donors (Lipinski definition) is 1. The van der Waals surface area contributed by atoms with E-state index in [1.54, 1.807) is 18.0 Å². The molecule has 4 nitrogen and oxygen atoms in total. The number of hydrogen-bond acceptors (Lipinski definition) is 6. The molecule has 2 aromatic heterocycles. The zero-order valence-corrected chi connectivity index (χ0v) is 11.2. The molecule has 6 heteroatoms. The first-order valence-electron chi connectivity index (χ1n) is 5.48. The van der Waals surface area contributed by atoms with E-state index in [4.69, 9.17) is 5.73 Å². The first-order chi connectivity index (χ1) is 8.33. The molecule has 90 valence electrons. The molecular formula is C11H14N4S2. The highest BCUT2D eigenvalue weighted by Gasteiger charge is 2.09. The number of pyridine rings is 1. The van der Waals surface area contributed by atoms with Gasteiger partial charge in [-0.1, -0.05) is 13.0 Å². The minimum Gasteiger partial charge on any atom is -0.330 e. The van der Waals surface area contributed by atoms with Crippen molar-refractivity contribution in [2.75, 3.05) is 6.54 Å². The molecule has 0 aliphatic rings. The fourth-order valence-electron chi connectivity index (χ4n) is 1.37. The third-order valence-corrected chi connectivity index (χ3v) is 4.06. The maximum Gasteiger partial charge on any atom is 0.176 e. The second-order valence-corrected chi connectivity index (χ2v) is 5.43. The van der Waals surface area contributed by atoms with Gasteiger partial charge in [-0.15, -0.1) is 0 Å². The lowest BCUT2D eigenvalue weighted by molar-refractivity contribution is 0.909. The lowest BCUT2D eigenvalue weighted by Gasteiger charge is -2.04. The van der Waals surface area contributed by atoms with E-state index in [-0.39, 0.29) is 0 Å². The van der Waals surface area contributed by atoms with Crippen LogP contribution in [0.15, 0.2) is 27.7 Å². The van der Waals surface area contributed by atoms with Gasteiger partial charge in [-0.05, 0) is 47.9 Å². The summed E-state index contributed by atoms with van der Waals surface area (Å²) in [6.45, 7) is 2.69. The predicted octanol–water partition coefficient (Wildman–Crippen LogP) is 2.15. The molecular weight excluding hydrogens is 252 g/mol. The molecule has 2 rings (SSSR count). The van der Waals surface area contributed by atoms with Crippen LogP contribution in [0.4, 0.5) is 0 Å². The van der Waals surface area contributed by atoms with Gasteiger partial charge in [0.2, 0.25) is 0 Å². The van der Waals surface area contributed by atoms with Gasteiger partial charge in [0.1, 0.15) is 10.9 Å². The van der Waals surface area contributed by atoms with E-state index in [0.717, 1.165) is 28.0 Å². The Bertz CT molecular complexity index is 484. The maximum atomic E-state index is 5.59. The summed E-state index contributed by atoms with van der Waals surface area (Å²) >= 11 is 2.99. The van der Waals surface area contributed by atoms with Crippen LogP contribution in [0.2, 0.25) is 0 Å². The van der Waals surface area contributed by atoms with E-state index < -0.39 is 0 Å². The molecule has 0 aliphatic carbocycles. The van der Waals surface area contributed by atoms with Gasteiger partial charge < -0.3 is 5.73 Å². The lowest BCUT2D eigenvalue weighted by atomic mass is 10.2. The summed E-state index contributed by atoms with van der Waals surface area (Å²) in [6, 6.07) is 4.00. The second kappa shape index (κ2) is 6.09. The highest BCUT2D eigenvalue weighted by Crippen LogP contribution is 2.29. The molecule has 0 fully saturated rings. The van der Waals surface area contributed by atoms with Crippen LogP contribution in [0.1, 0.15) is 18.3 Å². The van der Waals surface area contributed by atoms with Gasteiger partial charge >= 0.3 is 0 Å². The smallest absolute Gasteiger partial charge is 0.176 e. The molecule has 0 bridgehead atoms. The Morgan fingerprint density at radius 2 is 2.35 bits per heavy atom. The summed E-state index contributed by atoms with van der Waals surface area (Å²) in [5, 5.41) is 0.983. The summed E-state index contributed by atoms with van der Waals surface area (Å²) in [6.07, 6.45) is 3.51. The van der Waals surface area contributed by atoms with Crippen molar-refractivity contribution in [2.45, 2.75) is 29.1 Å². The molecule has 0 spiro atoms. The first-order valence-corrected chi connectivity index (χ1v) is 7.07. The summed E-state index contributed by atoms with van der Waals surface area (Å²) in [5.74, 6) is 0.897. The third kappa shape index (κ3) is 3.24. The van der Waals surface area contributed by atoms with Crippen LogP contribution in [-0.2, 0) is 12.8 Å². The summed E-state index contributed by atoms with van der Waals surface area (Å²) in [4.78, 5) is 8.80. The molecule has 0 unspecified atom stereocenters. The highest BCUT2D eigenvalue weighted by atomic mass is 32.2. The number of aryl methyl sites for hydroxylation is 1. The fourth-order valence-corrected chi connectivity index (χ4v) is 3.10. The Morgan fingerprint density at radius 1 is 1.47 bits per heavy atom. The Morgan fingerprint density at radius 3 is 3.06 bits per heavy atom. The second-order valence-electron chi connectivity index (χ2n) is 3.44. The van der Waals surface area contributed by atoms with Crippen LogP contribution in [0.5, 0.6) is 0 Å². The molecule has 0 aliphatic heterocycles. The van der Waals surface area contributed by atoms with Crippen LogP contribution in [-0.4, -0.2) is 20.9 Å². The monoisotopic (exact) mass is 266 g/mol. The van der Waals surface area contributed by atoms with E-state index in [0.29, 0.717) is 6.54 Å². The van der Waals surface area contributed by atoms with E-state index in [1.165, 1.54) is 17.1 Å². The van der Waals surface area contributed by atoms with Gasteiger partial charge in [-0.25, -0.2) is 9.97 Å². The summed E-state index contributed by atoms with van der Waals surface area (Å²) < 4.78 is 5.21. The van der Waals surface area contributed by atoms with Crippen molar-refractivity contribution in [1.82, 2.24) is 14.3 Å². The van der Waals surface area contributed by atoms with Gasteiger partial charge in [-0.2, -0.15) is 4.37 Å². The van der Waals surface area contributed by atoms with Crippen LogP contribution < -0.4 is 5.73 Å². The van der Waals surface area contributed by atoms with Crippen LogP contribution in [0.3, 0.4) is 0 Å². The minimum atomic E-state index is 0.635. The Kier molecular flexibility index (Phi) is 4.47. The van der Waals surface area contributed by atoms with Crippen molar-refractivity contribution >= 4 is 23.3 Å². The Balaban J connectivity index is 2.17. The standard InChI is InChI=1S/C11H14N4S2/c1-2-9-14-11(17-15-9)16-10-8(5-6-12)4-3-7-13-10/h3-4,7H,2,5-6,12H2,1H3. The third-order valence-electron chi connectivity index (χ3n) is 2.21. The van der Waals surface area contributed by atoms with Crippen molar-refractivity contribution in [1.29, 1.82) is 0 Å². The van der Waals surface area contributed by atoms with Crippen molar-refractivity contribution in [3.05, 3.63) is 29.7 Å². The summed E-state index contributed by atoms with van der Waals surface area (Å²) in [7, 11) is 0. The fraction of sp³-hybridized carbons (Fsp3) is 0.364. The first kappa shape index (κ1) is 12.5. The van der Waals surface area contributed by atoms with E-state index in [9.17, 15) is 0 Å². The van der Waals surface area contributed by atoms with E-state index in [2.05, 4.69) is 27.3 Å². The molecule has 17 heavy (non-hydrogen) atoms. The number of nitrogens with two attached hydrogens (primary N) is 1. The van der Waals surface area contributed by atoms with Crippen molar-refractivity contribution in [3.8, 4) is 0 Å². The van der Waals surface area contributed by atoms with E-state index >= 15 is 0 Å². The predicted molar refractivity (Wildman–Crippen MR) is 70.4 cm³/mol. The Labute approximate surface area is 109 Å². The summed E-state index contributed by atoms with van der Waals surface area (Å²) in [5.41, 5.74) is 6.76. The van der Waals surface area contributed by atoms with Gasteiger partial charge in [0, 0.05) is 12.6 Å². The quantitative estimate of drug-likeness (QED) is 0.898. The number of aromatic nitrogens is 3. The van der Waals surface area contributed by atoms with Gasteiger partial charge in [-0.3, -0.25) is 0 Å². The molecule has 2 heterocycles. The normalized spacial score (nSPS) is 10.7. The molecule has 0 amide bonds. The SMILES string of the molecule is CCc1nsc(Sc2ncccc2CCN)n1. The van der Waals surface area contributed by atoms with Gasteiger partial charge in [0.25, 0.3) is 0 Å². The molecule has 0 saturated carbocycles. The average molecular weight is 266 g/mol. The molecule has 0 radical (unpaired) electrons. The average Bonchev–Trinajstić information content (AvgIpc) is 2.80. The van der Waals surface area contributed by atoms with Crippen molar-refractivity contribution in [2.24, 2.45) is 5.73 Å². The lowest BCUT2D eigenvalue weighted by Crippen LogP contribution is -2.04. The largest absolute Gasteiger partial charge is 0.330 e. The molecule has 2 aromatic rings. The molecule has 0 aromatic carbocycles. The maximum absolute atomic E-state index is 5.59. The van der Waals surface area contributed by atoms with Crippen LogP contribution >= 0.6 is 23.3 Å². The van der Waals surface area contributed by atoms with E-state index in [1.807, 2.05) is 6.07 Å². The number of nitrogens with zero attached hydrogens (tertiary/aromatic N) is 3. The topological polar surface area (TPSA) is 64.7 Å². The minimum absolute atomic E-state index is 0.635.